The molecule has 0 spiro atoms. The molecule has 1 aliphatic heterocycles. The van der Waals surface area contributed by atoms with Crippen LogP contribution in [0.2, 0.25) is 0 Å². The van der Waals surface area contributed by atoms with E-state index < -0.39 is 29.1 Å². The van der Waals surface area contributed by atoms with Crippen molar-refractivity contribution in [1.82, 2.24) is 4.90 Å². The highest BCUT2D eigenvalue weighted by Crippen LogP contribution is 2.26. The van der Waals surface area contributed by atoms with Crippen molar-refractivity contribution in [1.29, 1.82) is 0 Å². The number of rotatable bonds is 4. The number of likely N-dealkylation sites (tertiary alicyclic amines) is 1. The fourth-order valence-electron chi connectivity index (χ4n) is 2.23. The lowest BCUT2D eigenvalue weighted by Crippen LogP contribution is -2.41. The second-order valence-corrected chi connectivity index (χ2v) is 5.11. The average Bonchev–Trinajstić information content (AvgIpc) is 2.87. The number of amides is 2. The summed E-state index contributed by atoms with van der Waals surface area (Å²) in [5.41, 5.74) is 0.323. The SMILES string of the molecule is COc1ccc(C(=O)N2CCC([C@@H](Cl)C(=O)[O-])C2=O)cc1. The van der Waals surface area contributed by atoms with Gasteiger partial charge in [0.2, 0.25) is 5.91 Å². The van der Waals surface area contributed by atoms with Crippen LogP contribution in [0, 0.1) is 5.92 Å². The number of methoxy groups -OCH3 is 1. The lowest BCUT2D eigenvalue weighted by Gasteiger charge is -2.18. The van der Waals surface area contributed by atoms with Gasteiger partial charge in [-0.2, -0.15) is 0 Å². The molecule has 0 N–H and O–H groups in total. The number of aliphatic carboxylic acids is 1. The van der Waals surface area contributed by atoms with Crippen molar-refractivity contribution in [3.8, 4) is 5.75 Å². The minimum atomic E-state index is -1.51. The summed E-state index contributed by atoms with van der Waals surface area (Å²) in [6.45, 7) is 0.144. The van der Waals surface area contributed by atoms with Crippen LogP contribution >= 0.6 is 11.6 Å². The number of nitrogens with zero attached hydrogens (tertiary/aromatic N) is 1. The molecule has 1 fully saturated rings. The van der Waals surface area contributed by atoms with Crippen LogP contribution in [-0.4, -0.2) is 41.7 Å². The summed E-state index contributed by atoms with van der Waals surface area (Å²) in [7, 11) is 1.51. The van der Waals surface area contributed by atoms with Crippen LogP contribution < -0.4 is 9.84 Å². The van der Waals surface area contributed by atoms with Crippen molar-refractivity contribution in [2.75, 3.05) is 13.7 Å². The molecule has 1 unspecified atom stereocenters. The molecule has 0 aromatic heterocycles. The average molecular weight is 311 g/mol. The summed E-state index contributed by atoms with van der Waals surface area (Å²) >= 11 is 5.64. The fraction of sp³-hybridized carbons (Fsp3) is 0.357. The van der Waals surface area contributed by atoms with Crippen molar-refractivity contribution in [2.45, 2.75) is 11.8 Å². The summed E-state index contributed by atoms with van der Waals surface area (Å²) in [4.78, 5) is 36.1. The standard InChI is InChI=1S/C14H14ClNO5/c1-21-9-4-2-8(3-5-9)12(17)16-7-6-10(13(16)18)11(15)14(19)20/h2-5,10-11H,6-7H2,1H3,(H,19,20)/p-1/t10?,11-/m1/s1. The smallest absolute Gasteiger partial charge is 0.260 e. The van der Waals surface area contributed by atoms with Gasteiger partial charge in [0.05, 0.1) is 24.4 Å². The third-order valence-corrected chi connectivity index (χ3v) is 3.89. The summed E-state index contributed by atoms with van der Waals surface area (Å²) < 4.78 is 4.99. The molecule has 1 saturated heterocycles. The summed E-state index contributed by atoms with van der Waals surface area (Å²) in [6, 6.07) is 6.30. The number of benzene rings is 1. The minimum absolute atomic E-state index is 0.144. The second kappa shape index (κ2) is 6.13. The van der Waals surface area contributed by atoms with Gasteiger partial charge < -0.3 is 14.6 Å². The number of carbonyl (C=O) groups is 3. The lowest BCUT2D eigenvalue weighted by atomic mass is 10.0. The van der Waals surface area contributed by atoms with Crippen LogP contribution in [0.5, 0.6) is 5.75 Å². The molecule has 0 radical (unpaired) electrons. The van der Waals surface area contributed by atoms with Crippen LogP contribution in [0.3, 0.4) is 0 Å². The number of carbonyl (C=O) groups excluding carboxylic acids is 3. The van der Waals surface area contributed by atoms with E-state index in [1.807, 2.05) is 0 Å². The van der Waals surface area contributed by atoms with E-state index in [1.165, 1.54) is 7.11 Å². The predicted molar refractivity (Wildman–Crippen MR) is 71.8 cm³/mol. The first-order valence-corrected chi connectivity index (χ1v) is 6.74. The minimum Gasteiger partial charge on any atom is -0.549 e. The molecular formula is C14H13ClNO5-. The molecule has 1 aliphatic rings. The number of hydrogen-bond donors (Lipinski definition) is 0. The zero-order chi connectivity index (χ0) is 15.6. The Bertz CT molecular complexity index is 571. The van der Waals surface area contributed by atoms with Gasteiger partial charge in [0, 0.05) is 12.1 Å². The number of hydrogen-bond acceptors (Lipinski definition) is 5. The van der Waals surface area contributed by atoms with Crippen LogP contribution in [-0.2, 0) is 9.59 Å². The largest absolute Gasteiger partial charge is 0.549 e. The van der Waals surface area contributed by atoms with Crippen molar-refractivity contribution in [3.05, 3.63) is 29.8 Å². The maximum absolute atomic E-state index is 12.3. The predicted octanol–water partition coefficient (Wildman–Crippen LogP) is 0.0412. The molecule has 1 aromatic rings. The van der Waals surface area contributed by atoms with E-state index >= 15 is 0 Å². The quantitative estimate of drug-likeness (QED) is 0.579. The van der Waals surface area contributed by atoms with Crippen LogP contribution in [0.1, 0.15) is 16.8 Å². The van der Waals surface area contributed by atoms with Gasteiger partial charge >= 0.3 is 0 Å². The van der Waals surface area contributed by atoms with Crippen molar-refractivity contribution in [3.63, 3.8) is 0 Å². The molecular weight excluding hydrogens is 298 g/mol. The molecule has 6 nitrogen and oxygen atoms in total. The Hall–Kier alpha value is -2.08. The van der Waals surface area contributed by atoms with Crippen molar-refractivity contribution in [2.24, 2.45) is 5.92 Å². The zero-order valence-electron chi connectivity index (χ0n) is 11.2. The van der Waals surface area contributed by atoms with Crippen LogP contribution in [0.15, 0.2) is 24.3 Å². The highest BCUT2D eigenvalue weighted by molar-refractivity contribution is 6.31. The van der Waals surface area contributed by atoms with Gasteiger partial charge in [-0.3, -0.25) is 14.5 Å². The number of carboxylic acids is 1. The van der Waals surface area contributed by atoms with Gasteiger partial charge in [-0.1, -0.05) is 0 Å². The van der Waals surface area contributed by atoms with Gasteiger partial charge in [0.25, 0.3) is 5.91 Å². The van der Waals surface area contributed by atoms with Crippen LogP contribution in [0.4, 0.5) is 0 Å². The van der Waals surface area contributed by atoms with Gasteiger partial charge in [-0.05, 0) is 30.7 Å². The van der Waals surface area contributed by atoms with Gasteiger partial charge in [0.1, 0.15) is 5.75 Å². The lowest BCUT2D eigenvalue weighted by molar-refractivity contribution is -0.305. The van der Waals surface area contributed by atoms with Gasteiger partial charge in [-0.25, -0.2) is 0 Å². The first-order valence-electron chi connectivity index (χ1n) is 6.30. The molecule has 21 heavy (non-hydrogen) atoms. The monoisotopic (exact) mass is 310 g/mol. The Balaban J connectivity index is 2.13. The highest BCUT2D eigenvalue weighted by Gasteiger charge is 2.40. The third kappa shape index (κ3) is 3.00. The molecule has 2 atom stereocenters. The topological polar surface area (TPSA) is 86.7 Å². The van der Waals surface area contributed by atoms with Crippen LogP contribution in [0.25, 0.3) is 0 Å². The van der Waals surface area contributed by atoms with Gasteiger partial charge in [-0.15, -0.1) is 11.6 Å². The third-order valence-electron chi connectivity index (χ3n) is 3.41. The first-order chi connectivity index (χ1) is 9.95. The molecule has 0 saturated carbocycles. The van der Waals surface area contributed by atoms with Gasteiger partial charge in [0.15, 0.2) is 0 Å². The summed E-state index contributed by atoms with van der Waals surface area (Å²) in [5, 5.41) is 9.31. The number of alkyl halides is 1. The van der Waals surface area contributed by atoms with E-state index in [-0.39, 0.29) is 13.0 Å². The molecule has 0 aliphatic carbocycles. The Kier molecular flexibility index (Phi) is 4.47. The maximum Gasteiger partial charge on any atom is 0.260 e. The maximum atomic E-state index is 12.3. The summed E-state index contributed by atoms with van der Waals surface area (Å²) in [5.74, 6) is -2.91. The molecule has 0 bridgehead atoms. The Labute approximate surface area is 126 Å². The van der Waals surface area contributed by atoms with E-state index in [0.29, 0.717) is 11.3 Å². The van der Waals surface area contributed by atoms with E-state index in [1.54, 1.807) is 24.3 Å². The molecule has 2 rings (SSSR count). The Morgan fingerprint density at radius 1 is 1.38 bits per heavy atom. The van der Waals surface area contributed by atoms with E-state index in [0.717, 1.165) is 4.90 Å². The number of imide groups is 1. The zero-order valence-corrected chi connectivity index (χ0v) is 12.0. The summed E-state index contributed by atoms with van der Waals surface area (Å²) in [6.07, 6.45) is 0.211. The first kappa shape index (κ1) is 15.3. The Morgan fingerprint density at radius 2 is 2.00 bits per heavy atom. The Morgan fingerprint density at radius 3 is 2.52 bits per heavy atom. The van der Waals surface area contributed by atoms with Crippen molar-refractivity contribution < 1.29 is 24.2 Å². The fourth-order valence-corrected chi connectivity index (χ4v) is 2.46. The van der Waals surface area contributed by atoms with E-state index in [4.69, 9.17) is 16.3 Å². The molecule has 1 aromatic carbocycles. The number of ether oxygens (including phenoxy) is 1. The molecule has 1 heterocycles. The van der Waals surface area contributed by atoms with E-state index in [2.05, 4.69) is 0 Å². The van der Waals surface area contributed by atoms with E-state index in [9.17, 15) is 19.5 Å². The molecule has 7 heteroatoms. The van der Waals surface area contributed by atoms with Crippen molar-refractivity contribution >= 4 is 29.4 Å². The molecule has 2 amide bonds. The molecule has 112 valence electrons. The number of carboxylic acid groups (broad SMARTS) is 1. The highest BCUT2D eigenvalue weighted by atomic mass is 35.5. The normalized spacial score (nSPS) is 19.4. The number of halogens is 1. The second-order valence-electron chi connectivity index (χ2n) is 4.64.